The van der Waals surface area contributed by atoms with Crippen molar-refractivity contribution in [2.75, 3.05) is 33.2 Å². The van der Waals surface area contributed by atoms with Gasteiger partial charge in [0.2, 0.25) is 11.8 Å². The zero-order chi connectivity index (χ0) is 17.2. The molecular formula is C18H27N3O3. The van der Waals surface area contributed by atoms with Gasteiger partial charge in [-0.15, -0.1) is 0 Å². The van der Waals surface area contributed by atoms with Crippen molar-refractivity contribution in [1.29, 1.82) is 0 Å². The van der Waals surface area contributed by atoms with E-state index in [0.717, 1.165) is 32.4 Å². The number of hydrogen-bond donors (Lipinski definition) is 0. The number of piperidine rings is 1. The summed E-state index contributed by atoms with van der Waals surface area (Å²) in [6, 6.07) is -0.252. The molecule has 3 rings (SSSR count). The molecule has 2 aliphatic heterocycles. The van der Waals surface area contributed by atoms with Gasteiger partial charge in [-0.05, 0) is 43.9 Å². The van der Waals surface area contributed by atoms with Gasteiger partial charge in [-0.1, -0.05) is 12.2 Å². The Bertz CT molecular complexity index is 560. The van der Waals surface area contributed by atoms with E-state index in [2.05, 4.69) is 12.2 Å². The smallest absolute Gasteiger partial charge is 0.326 e. The van der Waals surface area contributed by atoms with Gasteiger partial charge in [0, 0.05) is 33.1 Å². The van der Waals surface area contributed by atoms with Crippen molar-refractivity contribution in [3.8, 4) is 0 Å². The molecule has 0 N–H and O–H groups in total. The number of imide groups is 1. The van der Waals surface area contributed by atoms with Gasteiger partial charge in [0.15, 0.2) is 0 Å². The second-order valence-electron chi connectivity index (χ2n) is 7.42. The fourth-order valence-corrected chi connectivity index (χ4v) is 4.17. The van der Waals surface area contributed by atoms with Crippen LogP contribution in [0, 0.1) is 5.41 Å². The molecule has 0 aromatic rings. The van der Waals surface area contributed by atoms with Crippen LogP contribution in [0.1, 0.15) is 44.9 Å². The second-order valence-corrected chi connectivity index (χ2v) is 7.42. The molecule has 0 aromatic heterocycles. The number of carbonyl (C=O) groups excluding carboxylic acids is 3. The molecule has 6 nitrogen and oxygen atoms in total. The van der Waals surface area contributed by atoms with Crippen molar-refractivity contribution in [1.82, 2.24) is 14.7 Å². The van der Waals surface area contributed by atoms with Crippen LogP contribution < -0.4 is 0 Å². The summed E-state index contributed by atoms with van der Waals surface area (Å²) in [6.45, 7) is 2.19. The molecule has 4 amide bonds. The normalized spacial score (nSPS) is 27.5. The number of urea groups is 1. The maximum atomic E-state index is 12.5. The first-order valence-corrected chi connectivity index (χ1v) is 8.99. The number of likely N-dealkylation sites (N-methyl/N-ethyl adjacent to an activating group) is 1. The monoisotopic (exact) mass is 333 g/mol. The molecule has 0 saturated carbocycles. The third kappa shape index (κ3) is 3.47. The van der Waals surface area contributed by atoms with E-state index in [1.807, 2.05) is 4.90 Å². The highest BCUT2D eigenvalue weighted by molar-refractivity contribution is 6.01. The average Bonchev–Trinajstić information content (AvgIpc) is 2.81. The first kappa shape index (κ1) is 17.0. The first-order valence-electron chi connectivity index (χ1n) is 8.99. The summed E-state index contributed by atoms with van der Waals surface area (Å²) in [5.41, 5.74) is 0.284. The van der Waals surface area contributed by atoms with Crippen molar-refractivity contribution in [3.05, 3.63) is 12.2 Å². The molecule has 0 bridgehead atoms. The zero-order valence-corrected chi connectivity index (χ0v) is 14.5. The Morgan fingerprint density at radius 3 is 2.75 bits per heavy atom. The summed E-state index contributed by atoms with van der Waals surface area (Å²) < 4.78 is 0. The minimum absolute atomic E-state index is 0.148. The van der Waals surface area contributed by atoms with Gasteiger partial charge < -0.3 is 9.80 Å². The van der Waals surface area contributed by atoms with E-state index in [0.29, 0.717) is 19.4 Å². The third-order valence-corrected chi connectivity index (χ3v) is 5.58. The van der Waals surface area contributed by atoms with E-state index >= 15 is 0 Å². The minimum Gasteiger partial charge on any atom is -0.342 e. The molecule has 0 radical (unpaired) electrons. The fourth-order valence-electron chi connectivity index (χ4n) is 4.17. The topological polar surface area (TPSA) is 60.9 Å². The van der Waals surface area contributed by atoms with Crippen molar-refractivity contribution in [2.24, 2.45) is 5.41 Å². The van der Waals surface area contributed by atoms with Gasteiger partial charge >= 0.3 is 6.03 Å². The lowest BCUT2D eigenvalue weighted by atomic mass is 9.71. The lowest BCUT2D eigenvalue weighted by Crippen LogP contribution is -2.46. The number of amides is 4. The standard InChI is InChI=1S/C18H27N3O3/c1-19-13-16(23)21(17(19)24)12-5-7-15(22)20-11-6-10-18(14-20)8-3-2-4-9-18/h2-3H,4-14H2,1H3. The molecule has 2 fully saturated rings. The number of carbonyl (C=O) groups is 3. The van der Waals surface area contributed by atoms with Gasteiger partial charge in [0.05, 0.1) is 0 Å². The number of likely N-dealkylation sites (tertiary alicyclic amines) is 1. The van der Waals surface area contributed by atoms with Gasteiger partial charge in [0.1, 0.15) is 6.54 Å². The van der Waals surface area contributed by atoms with E-state index in [9.17, 15) is 14.4 Å². The number of rotatable bonds is 4. The van der Waals surface area contributed by atoms with E-state index in [1.165, 1.54) is 22.6 Å². The number of allylic oxidation sites excluding steroid dienone is 2. The predicted octanol–water partition coefficient (Wildman–Crippen LogP) is 2.01. The van der Waals surface area contributed by atoms with Gasteiger partial charge in [0.25, 0.3) is 0 Å². The van der Waals surface area contributed by atoms with Gasteiger partial charge in [-0.2, -0.15) is 0 Å². The number of nitrogens with zero attached hydrogens (tertiary/aromatic N) is 3. The van der Waals surface area contributed by atoms with Crippen LogP contribution in [-0.4, -0.2) is 65.8 Å². The SMILES string of the molecule is CN1CC(=O)N(CCCC(=O)N2CCCC3(CC=CCC3)C2)C1=O. The fraction of sp³-hybridized carbons (Fsp3) is 0.722. The van der Waals surface area contributed by atoms with Crippen molar-refractivity contribution in [3.63, 3.8) is 0 Å². The molecule has 3 aliphatic rings. The van der Waals surface area contributed by atoms with Crippen LogP contribution >= 0.6 is 0 Å². The maximum Gasteiger partial charge on any atom is 0.326 e. The Morgan fingerprint density at radius 1 is 1.25 bits per heavy atom. The predicted molar refractivity (Wildman–Crippen MR) is 90.2 cm³/mol. The minimum atomic E-state index is -0.252. The number of hydrogen-bond acceptors (Lipinski definition) is 3. The highest BCUT2D eigenvalue weighted by Crippen LogP contribution is 2.40. The summed E-state index contributed by atoms with van der Waals surface area (Å²) in [4.78, 5) is 40.8. The average molecular weight is 333 g/mol. The summed E-state index contributed by atoms with van der Waals surface area (Å²) in [6.07, 6.45) is 11.1. The highest BCUT2D eigenvalue weighted by Gasteiger charge is 2.37. The summed E-state index contributed by atoms with van der Waals surface area (Å²) in [7, 11) is 1.62. The van der Waals surface area contributed by atoms with E-state index in [4.69, 9.17) is 0 Å². The Hall–Kier alpha value is -1.85. The quantitative estimate of drug-likeness (QED) is 0.584. The van der Waals surface area contributed by atoms with Crippen LogP contribution in [0.5, 0.6) is 0 Å². The Labute approximate surface area is 143 Å². The van der Waals surface area contributed by atoms with Gasteiger partial charge in [-0.25, -0.2) is 4.79 Å². The first-order chi connectivity index (χ1) is 11.5. The maximum absolute atomic E-state index is 12.5. The van der Waals surface area contributed by atoms with Crippen LogP contribution in [0.4, 0.5) is 4.79 Å². The molecule has 1 spiro atoms. The largest absolute Gasteiger partial charge is 0.342 e. The van der Waals surface area contributed by atoms with Gasteiger partial charge in [-0.3, -0.25) is 14.5 Å². The van der Waals surface area contributed by atoms with Crippen LogP contribution in [0.2, 0.25) is 0 Å². The molecule has 6 heteroatoms. The molecule has 1 aliphatic carbocycles. The van der Waals surface area contributed by atoms with E-state index < -0.39 is 0 Å². The van der Waals surface area contributed by atoms with Crippen molar-refractivity contribution >= 4 is 17.8 Å². The summed E-state index contributed by atoms with van der Waals surface area (Å²) >= 11 is 0. The van der Waals surface area contributed by atoms with E-state index in [1.54, 1.807) is 7.05 Å². The van der Waals surface area contributed by atoms with Crippen LogP contribution in [-0.2, 0) is 9.59 Å². The van der Waals surface area contributed by atoms with Crippen LogP contribution in [0.3, 0.4) is 0 Å². The second kappa shape index (κ2) is 6.95. The molecule has 0 aromatic carbocycles. The molecule has 24 heavy (non-hydrogen) atoms. The van der Waals surface area contributed by atoms with Crippen LogP contribution in [0.15, 0.2) is 12.2 Å². The molecule has 2 heterocycles. The molecule has 1 atom stereocenters. The third-order valence-electron chi connectivity index (χ3n) is 5.58. The highest BCUT2D eigenvalue weighted by atomic mass is 16.2. The summed E-state index contributed by atoms with van der Waals surface area (Å²) in [5, 5.41) is 0. The lowest BCUT2D eigenvalue weighted by Gasteiger charge is -2.44. The zero-order valence-electron chi connectivity index (χ0n) is 14.5. The molecule has 2 saturated heterocycles. The molecule has 1 unspecified atom stereocenters. The Kier molecular flexibility index (Phi) is 4.92. The summed E-state index contributed by atoms with van der Waals surface area (Å²) in [5.74, 6) is -0.00283. The van der Waals surface area contributed by atoms with Crippen molar-refractivity contribution < 1.29 is 14.4 Å². The molecular weight excluding hydrogens is 306 g/mol. The Balaban J connectivity index is 1.47. The Morgan fingerprint density at radius 2 is 2.08 bits per heavy atom. The molecule has 132 valence electrons. The van der Waals surface area contributed by atoms with Crippen molar-refractivity contribution in [2.45, 2.75) is 44.9 Å². The van der Waals surface area contributed by atoms with Crippen LogP contribution in [0.25, 0.3) is 0 Å². The lowest BCUT2D eigenvalue weighted by molar-refractivity contribution is -0.135. The van der Waals surface area contributed by atoms with E-state index in [-0.39, 0.29) is 29.8 Å².